The van der Waals surface area contributed by atoms with Gasteiger partial charge < -0.3 is 10.2 Å². The highest BCUT2D eigenvalue weighted by atomic mass is 16.2. The quantitative estimate of drug-likeness (QED) is 0.878. The first kappa shape index (κ1) is 12.6. The van der Waals surface area contributed by atoms with E-state index in [1.54, 1.807) is 4.90 Å². The summed E-state index contributed by atoms with van der Waals surface area (Å²) in [4.78, 5) is 25.1. The second-order valence-electron chi connectivity index (χ2n) is 4.45. The predicted octanol–water partition coefficient (Wildman–Crippen LogP) is 1.49. The minimum Gasteiger partial charge on any atom is -0.347 e. The van der Waals surface area contributed by atoms with Crippen LogP contribution in [0.2, 0.25) is 0 Å². The van der Waals surface area contributed by atoms with Gasteiger partial charge in [-0.15, -0.1) is 0 Å². The van der Waals surface area contributed by atoms with Crippen molar-refractivity contribution in [3.8, 4) is 0 Å². The molecule has 0 unspecified atom stereocenters. The van der Waals surface area contributed by atoms with Gasteiger partial charge in [-0.3, -0.25) is 9.59 Å². The molecular formula is C14H18N2O2. The number of para-hydroxylation sites is 1. The van der Waals surface area contributed by atoms with Crippen LogP contribution in [0.4, 0.5) is 5.69 Å². The van der Waals surface area contributed by atoms with Gasteiger partial charge in [-0.25, -0.2) is 0 Å². The largest absolute Gasteiger partial charge is 0.347 e. The van der Waals surface area contributed by atoms with Crippen molar-refractivity contribution in [3.63, 3.8) is 0 Å². The third kappa shape index (κ3) is 2.70. The molecule has 0 spiro atoms. The predicted molar refractivity (Wildman–Crippen MR) is 70.4 cm³/mol. The van der Waals surface area contributed by atoms with Crippen LogP contribution in [0.5, 0.6) is 0 Å². The minimum atomic E-state index is -0.0566. The third-order valence-electron chi connectivity index (χ3n) is 3.10. The molecule has 0 bridgehead atoms. The number of nitrogens with zero attached hydrogens (tertiary/aromatic N) is 1. The number of hydrogen-bond donors (Lipinski definition) is 1. The standard InChI is InChI=1S/C14H18N2O2/c1-2-5-11-6-3-4-7-12(11)16-9-8-13(17)15-10-14(16)18/h3-4,6-7H,2,5,8-10H2,1H3,(H,15,17). The van der Waals surface area contributed by atoms with Crippen molar-refractivity contribution >= 4 is 17.5 Å². The van der Waals surface area contributed by atoms with Gasteiger partial charge in [0.15, 0.2) is 0 Å². The van der Waals surface area contributed by atoms with Crippen molar-refractivity contribution in [2.24, 2.45) is 0 Å². The smallest absolute Gasteiger partial charge is 0.246 e. The number of nitrogens with one attached hydrogen (secondary N) is 1. The molecule has 4 nitrogen and oxygen atoms in total. The number of amides is 2. The molecule has 0 radical (unpaired) electrons. The Bertz CT molecular complexity index is 457. The lowest BCUT2D eigenvalue weighted by Gasteiger charge is -2.22. The van der Waals surface area contributed by atoms with Crippen molar-refractivity contribution in [2.75, 3.05) is 18.0 Å². The van der Waals surface area contributed by atoms with Gasteiger partial charge in [0.1, 0.15) is 0 Å². The van der Waals surface area contributed by atoms with E-state index in [1.165, 1.54) is 5.56 Å². The summed E-state index contributed by atoms with van der Waals surface area (Å²) in [6.07, 6.45) is 2.35. The third-order valence-corrected chi connectivity index (χ3v) is 3.10. The van der Waals surface area contributed by atoms with E-state index in [0.717, 1.165) is 18.5 Å². The summed E-state index contributed by atoms with van der Waals surface area (Å²) in [6.45, 7) is 2.68. The van der Waals surface area contributed by atoms with Crippen LogP contribution >= 0.6 is 0 Å². The second kappa shape index (κ2) is 5.67. The van der Waals surface area contributed by atoms with Crippen LogP contribution in [0.3, 0.4) is 0 Å². The highest BCUT2D eigenvalue weighted by molar-refractivity contribution is 5.99. The van der Waals surface area contributed by atoms with Crippen LogP contribution in [0.15, 0.2) is 24.3 Å². The van der Waals surface area contributed by atoms with E-state index in [9.17, 15) is 9.59 Å². The zero-order valence-corrected chi connectivity index (χ0v) is 10.6. The highest BCUT2D eigenvalue weighted by Gasteiger charge is 2.22. The topological polar surface area (TPSA) is 49.4 Å². The molecule has 1 fully saturated rings. The van der Waals surface area contributed by atoms with Crippen molar-refractivity contribution in [3.05, 3.63) is 29.8 Å². The molecule has 1 aliphatic heterocycles. The van der Waals surface area contributed by atoms with Crippen molar-refractivity contribution < 1.29 is 9.59 Å². The summed E-state index contributed by atoms with van der Waals surface area (Å²) < 4.78 is 0. The summed E-state index contributed by atoms with van der Waals surface area (Å²) in [5.41, 5.74) is 2.11. The van der Waals surface area contributed by atoms with Crippen molar-refractivity contribution in [1.82, 2.24) is 5.32 Å². The minimum absolute atomic E-state index is 0.0376. The maximum Gasteiger partial charge on any atom is 0.246 e. The highest BCUT2D eigenvalue weighted by Crippen LogP contribution is 2.22. The van der Waals surface area contributed by atoms with E-state index in [4.69, 9.17) is 0 Å². The average molecular weight is 246 g/mol. The Kier molecular flexibility index (Phi) is 3.97. The maximum absolute atomic E-state index is 12.0. The first-order chi connectivity index (χ1) is 8.72. The summed E-state index contributed by atoms with van der Waals surface area (Å²) in [5, 5.41) is 2.62. The number of anilines is 1. The van der Waals surface area contributed by atoms with Gasteiger partial charge >= 0.3 is 0 Å². The van der Waals surface area contributed by atoms with E-state index < -0.39 is 0 Å². The number of benzene rings is 1. The molecule has 0 aromatic heterocycles. The number of carbonyl (C=O) groups excluding carboxylic acids is 2. The van der Waals surface area contributed by atoms with Gasteiger partial charge in [0.05, 0.1) is 6.54 Å². The van der Waals surface area contributed by atoms with Crippen LogP contribution in [-0.4, -0.2) is 24.9 Å². The normalized spacial score (nSPS) is 16.4. The van der Waals surface area contributed by atoms with Crippen LogP contribution in [-0.2, 0) is 16.0 Å². The Morgan fingerprint density at radius 1 is 1.28 bits per heavy atom. The Labute approximate surface area is 107 Å². The maximum atomic E-state index is 12.0. The summed E-state index contributed by atoms with van der Waals surface area (Å²) in [5.74, 6) is -0.0942. The van der Waals surface area contributed by atoms with E-state index in [2.05, 4.69) is 12.2 Å². The molecule has 1 saturated heterocycles. The lowest BCUT2D eigenvalue weighted by atomic mass is 10.1. The second-order valence-corrected chi connectivity index (χ2v) is 4.45. The summed E-state index contributed by atoms with van der Waals surface area (Å²) >= 11 is 0. The fraction of sp³-hybridized carbons (Fsp3) is 0.429. The summed E-state index contributed by atoms with van der Waals surface area (Å²) in [6, 6.07) is 7.92. The summed E-state index contributed by atoms with van der Waals surface area (Å²) in [7, 11) is 0. The van der Waals surface area contributed by atoms with Crippen LogP contribution in [0.1, 0.15) is 25.3 Å². The molecule has 1 aromatic rings. The van der Waals surface area contributed by atoms with Gasteiger partial charge in [0, 0.05) is 18.7 Å². The first-order valence-electron chi connectivity index (χ1n) is 6.37. The van der Waals surface area contributed by atoms with Gasteiger partial charge in [-0.1, -0.05) is 31.5 Å². The van der Waals surface area contributed by atoms with Crippen molar-refractivity contribution in [1.29, 1.82) is 0 Å². The average Bonchev–Trinajstić information content (AvgIpc) is 2.54. The zero-order chi connectivity index (χ0) is 13.0. The molecule has 2 rings (SSSR count). The lowest BCUT2D eigenvalue weighted by molar-refractivity contribution is -0.123. The zero-order valence-electron chi connectivity index (χ0n) is 10.6. The van der Waals surface area contributed by atoms with E-state index >= 15 is 0 Å². The Hall–Kier alpha value is -1.84. The molecule has 0 saturated carbocycles. The van der Waals surface area contributed by atoms with Gasteiger partial charge in [-0.05, 0) is 18.1 Å². The molecular weight excluding hydrogens is 228 g/mol. The van der Waals surface area contributed by atoms with Crippen LogP contribution in [0.25, 0.3) is 0 Å². The van der Waals surface area contributed by atoms with Gasteiger partial charge in [0.25, 0.3) is 0 Å². The van der Waals surface area contributed by atoms with Gasteiger partial charge in [0.2, 0.25) is 11.8 Å². The number of carbonyl (C=O) groups is 2. The lowest BCUT2D eigenvalue weighted by Crippen LogP contribution is -2.35. The molecule has 4 heteroatoms. The fourth-order valence-corrected chi connectivity index (χ4v) is 2.21. The number of rotatable bonds is 3. The fourth-order valence-electron chi connectivity index (χ4n) is 2.21. The SMILES string of the molecule is CCCc1ccccc1N1CCC(=O)NCC1=O. The van der Waals surface area contributed by atoms with Gasteiger partial charge in [-0.2, -0.15) is 0 Å². The van der Waals surface area contributed by atoms with Crippen LogP contribution < -0.4 is 10.2 Å². The molecule has 1 aromatic carbocycles. The Balaban J connectivity index is 2.28. The Morgan fingerprint density at radius 3 is 2.83 bits per heavy atom. The van der Waals surface area contributed by atoms with E-state index in [0.29, 0.717) is 13.0 Å². The molecule has 96 valence electrons. The molecule has 1 heterocycles. The monoisotopic (exact) mass is 246 g/mol. The molecule has 0 atom stereocenters. The molecule has 1 aliphatic rings. The Morgan fingerprint density at radius 2 is 2.06 bits per heavy atom. The molecule has 2 amide bonds. The van der Waals surface area contributed by atoms with E-state index in [1.807, 2.05) is 24.3 Å². The van der Waals surface area contributed by atoms with Crippen LogP contribution in [0, 0.1) is 0 Å². The number of hydrogen-bond acceptors (Lipinski definition) is 2. The van der Waals surface area contributed by atoms with Crippen molar-refractivity contribution in [2.45, 2.75) is 26.2 Å². The van der Waals surface area contributed by atoms with E-state index in [-0.39, 0.29) is 18.4 Å². The molecule has 0 aliphatic carbocycles. The molecule has 1 N–H and O–H groups in total. The first-order valence-corrected chi connectivity index (χ1v) is 6.37. The molecule has 18 heavy (non-hydrogen) atoms. The number of aryl methyl sites for hydroxylation is 1.